The normalized spacial score (nSPS) is 14.4. The third-order valence-corrected chi connectivity index (χ3v) is 2.43. The van der Waals surface area contributed by atoms with Crippen LogP contribution < -0.4 is 5.73 Å². The molecule has 0 aliphatic heterocycles. The topological polar surface area (TPSA) is 59.2 Å². The molecule has 1 rings (SSSR count). The van der Waals surface area contributed by atoms with Crippen molar-refractivity contribution in [2.24, 2.45) is 5.73 Å². The standard InChI is InChI=1S/C11H17N3O/c1-8(12)11(15)14(3)9(2)10-6-4-5-7-13-10/h4-9H,12H2,1-3H3/t8?,9-/m0/s1. The Bertz CT molecular complexity index is 324. The minimum atomic E-state index is -0.471. The molecule has 2 atom stereocenters. The zero-order valence-corrected chi connectivity index (χ0v) is 9.34. The highest BCUT2D eigenvalue weighted by atomic mass is 16.2. The molecule has 0 bridgehead atoms. The van der Waals surface area contributed by atoms with Gasteiger partial charge >= 0.3 is 0 Å². The predicted octanol–water partition coefficient (Wildman–Crippen LogP) is 0.948. The van der Waals surface area contributed by atoms with Gasteiger partial charge in [0, 0.05) is 13.2 Å². The van der Waals surface area contributed by atoms with Gasteiger partial charge in [0.1, 0.15) is 0 Å². The Morgan fingerprint density at radius 3 is 2.60 bits per heavy atom. The monoisotopic (exact) mass is 207 g/mol. The summed E-state index contributed by atoms with van der Waals surface area (Å²) in [7, 11) is 1.74. The number of hydrogen-bond acceptors (Lipinski definition) is 3. The molecule has 0 aliphatic carbocycles. The number of pyridine rings is 1. The van der Waals surface area contributed by atoms with E-state index >= 15 is 0 Å². The van der Waals surface area contributed by atoms with Crippen LogP contribution in [0, 0.1) is 0 Å². The van der Waals surface area contributed by atoms with Crippen LogP contribution in [0.2, 0.25) is 0 Å². The van der Waals surface area contributed by atoms with Crippen molar-refractivity contribution >= 4 is 5.91 Å². The molecule has 0 fully saturated rings. The largest absolute Gasteiger partial charge is 0.336 e. The zero-order chi connectivity index (χ0) is 11.4. The molecule has 1 amide bonds. The molecule has 0 aliphatic rings. The van der Waals surface area contributed by atoms with Gasteiger partial charge in [-0.1, -0.05) is 6.07 Å². The Balaban J connectivity index is 2.77. The maximum atomic E-state index is 11.6. The number of carbonyl (C=O) groups is 1. The maximum absolute atomic E-state index is 11.6. The van der Waals surface area contributed by atoms with Gasteiger partial charge in [-0.25, -0.2) is 0 Å². The molecule has 15 heavy (non-hydrogen) atoms. The van der Waals surface area contributed by atoms with Crippen LogP contribution in [-0.2, 0) is 4.79 Å². The van der Waals surface area contributed by atoms with Gasteiger partial charge < -0.3 is 10.6 Å². The summed E-state index contributed by atoms with van der Waals surface area (Å²) in [5.41, 5.74) is 6.41. The SMILES string of the molecule is CC(N)C(=O)N(C)[C@@H](C)c1ccccn1. The lowest BCUT2D eigenvalue weighted by Crippen LogP contribution is -2.41. The number of nitrogens with zero attached hydrogens (tertiary/aromatic N) is 2. The highest BCUT2D eigenvalue weighted by molar-refractivity contribution is 5.81. The minimum Gasteiger partial charge on any atom is -0.336 e. The van der Waals surface area contributed by atoms with Crippen LogP contribution in [-0.4, -0.2) is 28.9 Å². The molecule has 0 saturated carbocycles. The van der Waals surface area contributed by atoms with E-state index in [4.69, 9.17) is 5.73 Å². The first kappa shape index (κ1) is 11.7. The fourth-order valence-corrected chi connectivity index (χ4v) is 1.33. The fourth-order valence-electron chi connectivity index (χ4n) is 1.33. The lowest BCUT2D eigenvalue weighted by Gasteiger charge is -2.25. The molecule has 1 aromatic rings. The summed E-state index contributed by atoms with van der Waals surface area (Å²) in [6, 6.07) is 5.13. The lowest BCUT2D eigenvalue weighted by molar-refractivity contribution is -0.132. The highest BCUT2D eigenvalue weighted by Crippen LogP contribution is 2.16. The minimum absolute atomic E-state index is 0.0512. The molecule has 4 nitrogen and oxygen atoms in total. The fraction of sp³-hybridized carbons (Fsp3) is 0.455. The van der Waals surface area contributed by atoms with E-state index in [1.165, 1.54) is 0 Å². The summed E-state index contributed by atoms with van der Waals surface area (Å²) < 4.78 is 0. The summed E-state index contributed by atoms with van der Waals surface area (Å²) in [5.74, 6) is -0.0758. The summed E-state index contributed by atoms with van der Waals surface area (Å²) in [4.78, 5) is 17.5. The maximum Gasteiger partial charge on any atom is 0.239 e. The Morgan fingerprint density at radius 2 is 2.13 bits per heavy atom. The van der Waals surface area contributed by atoms with Crippen molar-refractivity contribution in [2.75, 3.05) is 7.05 Å². The predicted molar refractivity (Wildman–Crippen MR) is 59.1 cm³/mol. The van der Waals surface area contributed by atoms with Crippen LogP contribution in [0.3, 0.4) is 0 Å². The molecule has 0 saturated heterocycles. The van der Waals surface area contributed by atoms with Crippen LogP contribution >= 0.6 is 0 Å². The third-order valence-electron chi connectivity index (χ3n) is 2.43. The number of aromatic nitrogens is 1. The summed E-state index contributed by atoms with van der Waals surface area (Å²) in [5, 5.41) is 0. The Hall–Kier alpha value is -1.42. The smallest absolute Gasteiger partial charge is 0.239 e. The number of amides is 1. The Labute approximate surface area is 90.1 Å². The van der Waals surface area contributed by atoms with Crippen molar-refractivity contribution in [1.82, 2.24) is 9.88 Å². The molecular formula is C11H17N3O. The second kappa shape index (κ2) is 4.89. The molecule has 0 radical (unpaired) electrons. The van der Waals surface area contributed by atoms with E-state index in [9.17, 15) is 4.79 Å². The number of nitrogens with two attached hydrogens (primary N) is 1. The first-order valence-corrected chi connectivity index (χ1v) is 4.97. The molecular weight excluding hydrogens is 190 g/mol. The second-order valence-corrected chi connectivity index (χ2v) is 3.67. The van der Waals surface area contributed by atoms with E-state index in [0.29, 0.717) is 0 Å². The summed E-state index contributed by atoms with van der Waals surface area (Å²) in [6.45, 7) is 3.62. The van der Waals surface area contributed by atoms with Crippen molar-refractivity contribution in [3.8, 4) is 0 Å². The first-order chi connectivity index (χ1) is 7.04. The summed E-state index contributed by atoms with van der Waals surface area (Å²) in [6.07, 6.45) is 1.72. The van der Waals surface area contributed by atoms with Gasteiger partial charge in [-0.15, -0.1) is 0 Å². The average molecular weight is 207 g/mol. The van der Waals surface area contributed by atoms with Gasteiger partial charge in [0.05, 0.1) is 17.8 Å². The second-order valence-electron chi connectivity index (χ2n) is 3.67. The van der Waals surface area contributed by atoms with Crippen molar-refractivity contribution < 1.29 is 4.79 Å². The average Bonchev–Trinajstić information content (AvgIpc) is 2.27. The first-order valence-electron chi connectivity index (χ1n) is 4.97. The van der Waals surface area contributed by atoms with Gasteiger partial charge in [-0.3, -0.25) is 9.78 Å². The Kier molecular flexibility index (Phi) is 3.80. The lowest BCUT2D eigenvalue weighted by atomic mass is 10.1. The van der Waals surface area contributed by atoms with Crippen molar-refractivity contribution in [3.05, 3.63) is 30.1 Å². The third kappa shape index (κ3) is 2.76. The van der Waals surface area contributed by atoms with E-state index in [-0.39, 0.29) is 11.9 Å². The highest BCUT2D eigenvalue weighted by Gasteiger charge is 2.20. The zero-order valence-electron chi connectivity index (χ0n) is 9.34. The van der Waals surface area contributed by atoms with Crippen LogP contribution in [0.25, 0.3) is 0 Å². The van der Waals surface area contributed by atoms with Gasteiger partial charge in [-0.05, 0) is 26.0 Å². The molecule has 82 valence electrons. The van der Waals surface area contributed by atoms with E-state index < -0.39 is 6.04 Å². The Morgan fingerprint density at radius 1 is 1.47 bits per heavy atom. The molecule has 1 unspecified atom stereocenters. The van der Waals surface area contributed by atoms with Crippen LogP contribution in [0.5, 0.6) is 0 Å². The number of hydrogen-bond donors (Lipinski definition) is 1. The molecule has 1 heterocycles. The van der Waals surface area contributed by atoms with Crippen molar-refractivity contribution in [2.45, 2.75) is 25.9 Å². The summed E-state index contributed by atoms with van der Waals surface area (Å²) >= 11 is 0. The van der Waals surface area contributed by atoms with Crippen LogP contribution in [0.1, 0.15) is 25.6 Å². The number of likely N-dealkylation sites (N-methyl/N-ethyl adjacent to an activating group) is 1. The van der Waals surface area contributed by atoms with Crippen molar-refractivity contribution in [1.29, 1.82) is 0 Å². The molecule has 1 aromatic heterocycles. The van der Waals surface area contributed by atoms with Crippen LogP contribution in [0.4, 0.5) is 0 Å². The van der Waals surface area contributed by atoms with E-state index in [2.05, 4.69) is 4.98 Å². The van der Waals surface area contributed by atoms with E-state index in [1.807, 2.05) is 25.1 Å². The van der Waals surface area contributed by atoms with Crippen molar-refractivity contribution in [3.63, 3.8) is 0 Å². The molecule has 4 heteroatoms. The molecule has 0 aromatic carbocycles. The van der Waals surface area contributed by atoms with Crippen LogP contribution in [0.15, 0.2) is 24.4 Å². The molecule has 2 N–H and O–H groups in total. The van der Waals surface area contributed by atoms with Gasteiger partial charge in [0.25, 0.3) is 0 Å². The number of rotatable bonds is 3. The van der Waals surface area contributed by atoms with Gasteiger partial charge in [0.15, 0.2) is 0 Å². The molecule has 0 spiro atoms. The van der Waals surface area contributed by atoms with Gasteiger partial charge in [-0.2, -0.15) is 0 Å². The van der Waals surface area contributed by atoms with E-state index in [1.54, 1.807) is 25.1 Å². The quantitative estimate of drug-likeness (QED) is 0.802. The van der Waals surface area contributed by atoms with Gasteiger partial charge in [0.2, 0.25) is 5.91 Å². The number of carbonyl (C=O) groups excluding carboxylic acids is 1. The van der Waals surface area contributed by atoms with E-state index in [0.717, 1.165) is 5.69 Å².